The standard InChI is InChI=1S/C9H16.C2H6/c1-3-9-6-4-8(2)5-7-9;1-2/h9H,2-7H2,1H3;1-2H3. The average molecular weight is 154 g/mol. The molecular weight excluding hydrogens is 132 g/mol. The molecule has 0 atom stereocenters. The third-order valence-corrected chi connectivity index (χ3v) is 2.39. The van der Waals surface area contributed by atoms with Gasteiger partial charge < -0.3 is 0 Å². The highest BCUT2D eigenvalue weighted by atomic mass is 14.2. The third-order valence-electron chi connectivity index (χ3n) is 2.39. The highest BCUT2D eigenvalue weighted by Crippen LogP contribution is 2.28. The van der Waals surface area contributed by atoms with Crippen LogP contribution in [0.2, 0.25) is 0 Å². The Labute approximate surface area is 71.7 Å². The van der Waals surface area contributed by atoms with Crippen molar-refractivity contribution in [2.24, 2.45) is 5.92 Å². The summed E-state index contributed by atoms with van der Waals surface area (Å²) in [4.78, 5) is 0. The summed E-state index contributed by atoms with van der Waals surface area (Å²) < 4.78 is 0. The van der Waals surface area contributed by atoms with Crippen LogP contribution in [0.5, 0.6) is 0 Å². The number of hydrogen-bond acceptors (Lipinski definition) is 0. The lowest BCUT2D eigenvalue weighted by atomic mass is 9.85. The van der Waals surface area contributed by atoms with Gasteiger partial charge in [0.25, 0.3) is 0 Å². The highest BCUT2D eigenvalue weighted by Gasteiger charge is 2.12. The van der Waals surface area contributed by atoms with Crippen LogP contribution in [0.1, 0.15) is 52.9 Å². The molecule has 1 fully saturated rings. The van der Waals surface area contributed by atoms with Crippen molar-refractivity contribution in [2.45, 2.75) is 52.9 Å². The molecule has 0 aromatic carbocycles. The van der Waals surface area contributed by atoms with E-state index in [1.807, 2.05) is 13.8 Å². The average Bonchev–Trinajstić information content (AvgIpc) is 2.10. The maximum atomic E-state index is 3.98. The van der Waals surface area contributed by atoms with E-state index in [0.29, 0.717) is 0 Å². The van der Waals surface area contributed by atoms with E-state index in [1.165, 1.54) is 37.7 Å². The molecule has 11 heavy (non-hydrogen) atoms. The minimum absolute atomic E-state index is 1.01. The molecule has 66 valence electrons. The number of rotatable bonds is 1. The lowest BCUT2D eigenvalue weighted by Gasteiger charge is -2.21. The summed E-state index contributed by atoms with van der Waals surface area (Å²) in [7, 11) is 0. The molecule has 0 radical (unpaired) electrons. The zero-order chi connectivity index (χ0) is 8.69. The van der Waals surface area contributed by atoms with Gasteiger partial charge in [0.2, 0.25) is 0 Å². The van der Waals surface area contributed by atoms with Crippen molar-refractivity contribution < 1.29 is 0 Å². The molecule has 1 aliphatic carbocycles. The molecule has 0 aliphatic heterocycles. The van der Waals surface area contributed by atoms with Gasteiger partial charge in [0.15, 0.2) is 0 Å². The molecule has 0 aromatic rings. The van der Waals surface area contributed by atoms with Gasteiger partial charge >= 0.3 is 0 Å². The fourth-order valence-corrected chi connectivity index (χ4v) is 1.49. The summed E-state index contributed by atoms with van der Waals surface area (Å²) in [5.74, 6) is 1.01. The molecule has 0 amide bonds. The Morgan fingerprint density at radius 1 is 1.27 bits per heavy atom. The van der Waals surface area contributed by atoms with Crippen LogP contribution in [0.25, 0.3) is 0 Å². The molecule has 0 nitrogen and oxygen atoms in total. The molecule has 0 bridgehead atoms. The molecule has 0 N–H and O–H groups in total. The minimum atomic E-state index is 1.01. The summed E-state index contributed by atoms with van der Waals surface area (Å²) >= 11 is 0. The van der Waals surface area contributed by atoms with Crippen molar-refractivity contribution in [3.05, 3.63) is 12.2 Å². The highest BCUT2D eigenvalue weighted by molar-refractivity contribution is 4.97. The van der Waals surface area contributed by atoms with Gasteiger partial charge in [0, 0.05) is 0 Å². The van der Waals surface area contributed by atoms with Crippen LogP contribution in [0, 0.1) is 5.92 Å². The van der Waals surface area contributed by atoms with Gasteiger partial charge in [-0.2, -0.15) is 0 Å². The third kappa shape index (κ3) is 4.23. The van der Waals surface area contributed by atoms with Crippen LogP contribution in [0.3, 0.4) is 0 Å². The van der Waals surface area contributed by atoms with E-state index in [4.69, 9.17) is 0 Å². The first-order valence-electron chi connectivity index (χ1n) is 4.99. The van der Waals surface area contributed by atoms with Crippen molar-refractivity contribution in [1.82, 2.24) is 0 Å². The van der Waals surface area contributed by atoms with E-state index in [9.17, 15) is 0 Å². The lowest BCUT2D eigenvalue weighted by molar-refractivity contribution is 0.398. The second-order valence-electron chi connectivity index (χ2n) is 3.10. The molecule has 1 rings (SSSR count). The van der Waals surface area contributed by atoms with Gasteiger partial charge in [0.05, 0.1) is 0 Å². The normalized spacial score (nSPS) is 19.0. The number of hydrogen-bond donors (Lipinski definition) is 0. The van der Waals surface area contributed by atoms with Crippen LogP contribution in [-0.2, 0) is 0 Å². The van der Waals surface area contributed by atoms with Gasteiger partial charge in [-0.05, 0) is 31.6 Å². The van der Waals surface area contributed by atoms with E-state index >= 15 is 0 Å². The van der Waals surface area contributed by atoms with Crippen LogP contribution >= 0.6 is 0 Å². The summed E-state index contributed by atoms with van der Waals surface area (Å²) in [5, 5.41) is 0. The van der Waals surface area contributed by atoms with Crippen LogP contribution in [0.4, 0.5) is 0 Å². The second kappa shape index (κ2) is 6.45. The SMILES string of the molecule is C=C1CCC(CC)CC1.CC. The fourth-order valence-electron chi connectivity index (χ4n) is 1.49. The lowest BCUT2D eigenvalue weighted by Crippen LogP contribution is -2.05. The van der Waals surface area contributed by atoms with Gasteiger partial charge in [-0.3, -0.25) is 0 Å². The van der Waals surface area contributed by atoms with E-state index in [2.05, 4.69) is 13.5 Å². The van der Waals surface area contributed by atoms with E-state index in [1.54, 1.807) is 0 Å². The maximum Gasteiger partial charge on any atom is -0.0320 e. The quantitative estimate of drug-likeness (QED) is 0.497. The molecule has 1 aliphatic rings. The molecule has 1 saturated carbocycles. The van der Waals surface area contributed by atoms with E-state index in [-0.39, 0.29) is 0 Å². The summed E-state index contributed by atoms with van der Waals surface area (Å²) in [6.07, 6.45) is 6.74. The molecule has 0 heteroatoms. The van der Waals surface area contributed by atoms with Crippen molar-refractivity contribution >= 4 is 0 Å². The topological polar surface area (TPSA) is 0 Å². The first-order valence-corrected chi connectivity index (χ1v) is 4.99. The van der Waals surface area contributed by atoms with Gasteiger partial charge in [-0.25, -0.2) is 0 Å². The van der Waals surface area contributed by atoms with Gasteiger partial charge in [-0.15, -0.1) is 0 Å². The van der Waals surface area contributed by atoms with Crippen molar-refractivity contribution in [3.63, 3.8) is 0 Å². The first kappa shape index (κ1) is 10.7. The molecule has 0 aromatic heterocycles. The largest absolute Gasteiger partial charge is 0.0999 e. The Kier molecular flexibility index (Phi) is 6.30. The van der Waals surface area contributed by atoms with Crippen molar-refractivity contribution in [1.29, 1.82) is 0 Å². The monoisotopic (exact) mass is 154 g/mol. The van der Waals surface area contributed by atoms with Gasteiger partial charge in [0.1, 0.15) is 0 Å². The molecule has 0 unspecified atom stereocenters. The second-order valence-corrected chi connectivity index (χ2v) is 3.10. The Bertz CT molecular complexity index is 92.6. The maximum absolute atomic E-state index is 3.98. The predicted molar refractivity (Wildman–Crippen MR) is 52.7 cm³/mol. The Balaban J connectivity index is 0.000000461. The smallest absolute Gasteiger partial charge is 0.0320 e. The van der Waals surface area contributed by atoms with Crippen LogP contribution in [-0.4, -0.2) is 0 Å². The van der Waals surface area contributed by atoms with Crippen molar-refractivity contribution in [2.75, 3.05) is 0 Å². The van der Waals surface area contributed by atoms with Crippen molar-refractivity contribution in [3.8, 4) is 0 Å². The summed E-state index contributed by atoms with van der Waals surface area (Å²) in [6.45, 7) is 10.3. The number of allylic oxidation sites excluding steroid dienone is 1. The minimum Gasteiger partial charge on any atom is -0.0999 e. The summed E-state index contributed by atoms with van der Waals surface area (Å²) in [5.41, 5.74) is 1.47. The van der Waals surface area contributed by atoms with E-state index < -0.39 is 0 Å². The fraction of sp³-hybridized carbons (Fsp3) is 0.818. The van der Waals surface area contributed by atoms with Crippen LogP contribution in [0.15, 0.2) is 12.2 Å². The van der Waals surface area contributed by atoms with E-state index in [0.717, 1.165) is 5.92 Å². The van der Waals surface area contributed by atoms with Gasteiger partial charge in [-0.1, -0.05) is 39.3 Å². The molecule has 0 spiro atoms. The zero-order valence-electron chi connectivity index (χ0n) is 8.32. The Hall–Kier alpha value is -0.260. The molecule has 0 saturated heterocycles. The Morgan fingerprint density at radius 3 is 2.09 bits per heavy atom. The summed E-state index contributed by atoms with van der Waals surface area (Å²) in [6, 6.07) is 0. The molecular formula is C11H22. The first-order chi connectivity index (χ1) is 5.33. The molecule has 0 heterocycles. The Morgan fingerprint density at radius 2 is 1.73 bits per heavy atom. The van der Waals surface area contributed by atoms with Crippen LogP contribution < -0.4 is 0 Å². The predicted octanol–water partition coefficient (Wildman–Crippen LogP) is 4.17. The zero-order valence-corrected chi connectivity index (χ0v) is 8.32.